The highest BCUT2D eigenvalue weighted by Gasteiger charge is 2.11. The fourth-order valence-electron chi connectivity index (χ4n) is 2.52. The number of furan rings is 1. The normalized spacial score (nSPS) is 11.0. The van der Waals surface area contributed by atoms with Crippen LogP contribution < -0.4 is 10.1 Å². The van der Waals surface area contributed by atoms with E-state index in [-0.39, 0.29) is 0 Å². The van der Waals surface area contributed by atoms with Crippen molar-refractivity contribution in [3.05, 3.63) is 66.5 Å². The maximum atomic E-state index is 5.90. The van der Waals surface area contributed by atoms with Crippen LogP contribution in [0.5, 0.6) is 5.75 Å². The molecule has 3 aromatic rings. The molecule has 2 radical (unpaired) electrons. The first kappa shape index (κ1) is 15.6. The lowest BCUT2D eigenvalue weighted by Crippen LogP contribution is -2.17. The van der Waals surface area contributed by atoms with Gasteiger partial charge in [0.05, 0.1) is 12.0 Å². The van der Waals surface area contributed by atoms with Crippen LogP contribution in [0.2, 0.25) is 0 Å². The summed E-state index contributed by atoms with van der Waals surface area (Å²) in [5.74, 6) is 1.28. The van der Waals surface area contributed by atoms with E-state index in [1.54, 1.807) is 6.20 Å². The van der Waals surface area contributed by atoms with Gasteiger partial charge in [0.2, 0.25) is 0 Å². The smallest absolute Gasteiger partial charge is 0.138 e. The molecule has 0 saturated carbocycles. The minimum absolute atomic E-state index is 0.453. The quantitative estimate of drug-likeness (QED) is 0.675. The summed E-state index contributed by atoms with van der Waals surface area (Å²) in [6.07, 6.45) is 4.57. The second-order valence-corrected chi connectivity index (χ2v) is 5.46. The molecule has 23 heavy (non-hydrogen) atoms. The average molecular weight is 308 g/mol. The van der Waals surface area contributed by atoms with Gasteiger partial charge in [0, 0.05) is 31.4 Å². The number of fused-ring (bicyclic) bond motifs is 1. The Labute approximate surface area is 136 Å². The van der Waals surface area contributed by atoms with Gasteiger partial charge in [-0.05, 0) is 43.7 Å². The molecule has 4 nitrogen and oxygen atoms in total. The average Bonchev–Trinajstić information content (AvgIpc) is 2.87. The molecular formula is C19H20N2O2. The monoisotopic (exact) mass is 308 g/mol. The third-order valence-electron chi connectivity index (χ3n) is 3.76. The van der Waals surface area contributed by atoms with E-state index in [0.717, 1.165) is 41.8 Å². The Balaban J connectivity index is 1.48. The number of benzene rings is 1. The Morgan fingerprint density at radius 2 is 2.17 bits per heavy atom. The fourth-order valence-corrected chi connectivity index (χ4v) is 2.52. The van der Waals surface area contributed by atoms with Crippen LogP contribution in [-0.4, -0.2) is 18.1 Å². The van der Waals surface area contributed by atoms with Crippen LogP contribution in [0, 0.1) is 13.8 Å². The highest BCUT2D eigenvalue weighted by atomic mass is 16.5. The van der Waals surface area contributed by atoms with Gasteiger partial charge in [-0.25, -0.2) is 0 Å². The van der Waals surface area contributed by atoms with Crippen LogP contribution in [0.1, 0.15) is 23.3 Å². The van der Waals surface area contributed by atoms with Gasteiger partial charge < -0.3 is 14.5 Å². The predicted molar refractivity (Wildman–Crippen MR) is 90.4 cm³/mol. The van der Waals surface area contributed by atoms with Gasteiger partial charge in [-0.1, -0.05) is 12.1 Å². The van der Waals surface area contributed by atoms with E-state index >= 15 is 0 Å². The van der Waals surface area contributed by atoms with E-state index in [2.05, 4.69) is 16.4 Å². The molecule has 0 aliphatic rings. The Morgan fingerprint density at radius 1 is 1.26 bits per heavy atom. The molecule has 2 heterocycles. The molecule has 0 bridgehead atoms. The van der Waals surface area contributed by atoms with E-state index in [1.807, 2.05) is 37.4 Å². The summed E-state index contributed by atoms with van der Waals surface area (Å²) in [7, 11) is 0. The molecule has 0 aliphatic carbocycles. The van der Waals surface area contributed by atoms with Crippen LogP contribution in [0.15, 0.2) is 47.1 Å². The third kappa shape index (κ3) is 3.71. The van der Waals surface area contributed by atoms with Crippen molar-refractivity contribution >= 4 is 11.0 Å². The second-order valence-electron chi connectivity index (χ2n) is 5.46. The molecule has 1 N–H and O–H groups in total. The van der Waals surface area contributed by atoms with E-state index in [4.69, 9.17) is 16.1 Å². The number of rotatable bonds is 7. The number of nitrogens with zero attached hydrogens (tertiary/aromatic N) is 1. The predicted octanol–water partition coefficient (Wildman–Crippen LogP) is 3.75. The van der Waals surface area contributed by atoms with Gasteiger partial charge >= 0.3 is 0 Å². The largest absolute Gasteiger partial charge is 0.493 e. The zero-order valence-electron chi connectivity index (χ0n) is 13.2. The first-order chi connectivity index (χ1) is 11.3. The molecule has 0 atom stereocenters. The van der Waals surface area contributed by atoms with Crippen molar-refractivity contribution in [2.45, 2.75) is 19.9 Å². The van der Waals surface area contributed by atoms with E-state index in [0.29, 0.717) is 12.4 Å². The summed E-state index contributed by atoms with van der Waals surface area (Å²) in [5.41, 5.74) is 2.89. The van der Waals surface area contributed by atoms with Gasteiger partial charge in [-0.3, -0.25) is 4.98 Å². The standard InChI is InChI=1S/C19H20N2O2/c1-14-15(2)23-18-8-3-7-17(19(14)18)22-11-5-10-21-13-16-6-4-9-20-12-16/h2-4,6-9,12,21H,5,10-11,13H2,1H3. The van der Waals surface area contributed by atoms with Gasteiger partial charge in [0.1, 0.15) is 17.1 Å². The van der Waals surface area contributed by atoms with Crippen molar-refractivity contribution in [2.75, 3.05) is 13.2 Å². The third-order valence-corrected chi connectivity index (χ3v) is 3.76. The SMILES string of the molecule is [CH]c1oc2cccc(OCCCNCc3cccnc3)c2c1C. The minimum atomic E-state index is 0.453. The molecule has 118 valence electrons. The van der Waals surface area contributed by atoms with E-state index in [9.17, 15) is 0 Å². The van der Waals surface area contributed by atoms with Crippen molar-refractivity contribution in [1.82, 2.24) is 10.3 Å². The molecule has 4 heteroatoms. The van der Waals surface area contributed by atoms with Gasteiger partial charge in [0.25, 0.3) is 0 Å². The molecule has 0 unspecified atom stereocenters. The van der Waals surface area contributed by atoms with Crippen molar-refractivity contribution in [1.29, 1.82) is 0 Å². The van der Waals surface area contributed by atoms with Crippen LogP contribution in [0.4, 0.5) is 0 Å². The van der Waals surface area contributed by atoms with E-state index < -0.39 is 0 Å². The zero-order chi connectivity index (χ0) is 16.1. The first-order valence-corrected chi connectivity index (χ1v) is 7.75. The molecule has 0 amide bonds. The summed E-state index contributed by atoms with van der Waals surface area (Å²) < 4.78 is 11.4. The van der Waals surface area contributed by atoms with Crippen molar-refractivity contribution in [2.24, 2.45) is 0 Å². The van der Waals surface area contributed by atoms with Crippen LogP contribution in [-0.2, 0) is 6.54 Å². The van der Waals surface area contributed by atoms with Crippen molar-refractivity contribution < 1.29 is 9.15 Å². The summed E-state index contributed by atoms with van der Waals surface area (Å²) in [6.45, 7) is 10.1. The number of hydrogen-bond donors (Lipinski definition) is 1. The lowest BCUT2D eigenvalue weighted by atomic mass is 10.1. The molecule has 3 rings (SSSR count). The molecule has 2 aromatic heterocycles. The molecular weight excluding hydrogens is 288 g/mol. The molecule has 0 aliphatic heterocycles. The molecule has 0 saturated heterocycles. The van der Waals surface area contributed by atoms with Crippen molar-refractivity contribution in [3.8, 4) is 5.75 Å². The Morgan fingerprint density at radius 3 is 3.00 bits per heavy atom. The number of nitrogens with one attached hydrogen (secondary N) is 1. The molecule has 0 fully saturated rings. The Bertz CT molecular complexity index is 766. The lowest BCUT2D eigenvalue weighted by Gasteiger charge is -2.08. The maximum Gasteiger partial charge on any atom is 0.138 e. The molecule has 0 spiro atoms. The fraction of sp³-hybridized carbons (Fsp3) is 0.263. The second kappa shape index (κ2) is 7.29. The summed E-state index contributed by atoms with van der Waals surface area (Å²) >= 11 is 0. The summed E-state index contributed by atoms with van der Waals surface area (Å²) in [4.78, 5) is 4.09. The summed E-state index contributed by atoms with van der Waals surface area (Å²) in [6, 6.07) is 9.78. The molecule has 1 aromatic carbocycles. The highest BCUT2D eigenvalue weighted by Crippen LogP contribution is 2.32. The number of pyridine rings is 1. The van der Waals surface area contributed by atoms with Crippen LogP contribution in [0.25, 0.3) is 11.0 Å². The first-order valence-electron chi connectivity index (χ1n) is 7.75. The van der Waals surface area contributed by atoms with Gasteiger partial charge in [0.15, 0.2) is 0 Å². The number of aryl methyl sites for hydroxylation is 1. The topological polar surface area (TPSA) is 47.3 Å². The van der Waals surface area contributed by atoms with Gasteiger partial charge in [-0.15, -0.1) is 0 Å². The van der Waals surface area contributed by atoms with Gasteiger partial charge in [-0.2, -0.15) is 0 Å². The van der Waals surface area contributed by atoms with Crippen molar-refractivity contribution in [3.63, 3.8) is 0 Å². The van der Waals surface area contributed by atoms with Crippen LogP contribution in [0.3, 0.4) is 0 Å². The highest BCUT2D eigenvalue weighted by molar-refractivity contribution is 5.88. The number of ether oxygens (including phenoxy) is 1. The Hall–Kier alpha value is -2.33. The van der Waals surface area contributed by atoms with Crippen LogP contribution >= 0.6 is 0 Å². The lowest BCUT2D eigenvalue weighted by molar-refractivity contribution is 0.311. The Kier molecular flexibility index (Phi) is 4.93. The minimum Gasteiger partial charge on any atom is -0.493 e. The zero-order valence-corrected chi connectivity index (χ0v) is 13.2. The summed E-state index contributed by atoms with van der Waals surface area (Å²) in [5, 5.41) is 4.35. The van der Waals surface area contributed by atoms with E-state index in [1.165, 1.54) is 5.56 Å². The number of hydrogen-bond acceptors (Lipinski definition) is 4. The maximum absolute atomic E-state index is 5.90. The number of aromatic nitrogens is 1.